The van der Waals surface area contributed by atoms with Crippen LogP contribution in [0.5, 0.6) is 0 Å². The highest BCUT2D eigenvalue weighted by molar-refractivity contribution is 7.19. The van der Waals surface area contributed by atoms with Crippen LogP contribution in [0.2, 0.25) is 0 Å². The van der Waals surface area contributed by atoms with Crippen LogP contribution in [0.15, 0.2) is 36.7 Å². The SMILES string of the molecule is CCc1cc(C(=O)N(C)C)cc2sc(C3=CCCN(C(=O)CCn4cccn4)C3)nc12. The molecule has 2 aromatic heterocycles. The molecule has 0 saturated heterocycles. The van der Waals surface area contributed by atoms with Crippen molar-refractivity contribution < 1.29 is 9.59 Å². The Balaban J connectivity index is 1.54. The average Bonchev–Trinajstić information content (AvgIpc) is 3.46. The number of nitrogens with zero attached hydrogens (tertiary/aromatic N) is 5. The summed E-state index contributed by atoms with van der Waals surface area (Å²) in [6.45, 7) is 3.97. The van der Waals surface area contributed by atoms with E-state index in [0.717, 1.165) is 45.7 Å². The number of aromatic nitrogens is 3. The van der Waals surface area contributed by atoms with Gasteiger partial charge in [-0.3, -0.25) is 14.3 Å². The van der Waals surface area contributed by atoms with Crippen LogP contribution in [-0.2, 0) is 17.8 Å². The molecule has 3 aromatic rings. The van der Waals surface area contributed by atoms with Gasteiger partial charge in [0, 0.05) is 63.7 Å². The summed E-state index contributed by atoms with van der Waals surface area (Å²) in [7, 11) is 3.53. The minimum atomic E-state index is -0.00242. The van der Waals surface area contributed by atoms with Gasteiger partial charge in [-0.25, -0.2) is 4.98 Å². The summed E-state index contributed by atoms with van der Waals surface area (Å²) in [5.41, 5.74) is 3.81. The zero-order valence-corrected chi connectivity index (χ0v) is 19.0. The summed E-state index contributed by atoms with van der Waals surface area (Å²) in [5, 5.41) is 5.10. The smallest absolute Gasteiger partial charge is 0.253 e. The third kappa shape index (κ3) is 4.54. The van der Waals surface area contributed by atoms with Gasteiger partial charge in [0.05, 0.1) is 10.2 Å². The second-order valence-electron chi connectivity index (χ2n) is 7.91. The van der Waals surface area contributed by atoms with Crippen LogP contribution >= 0.6 is 11.3 Å². The van der Waals surface area contributed by atoms with Gasteiger partial charge in [0.2, 0.25) is 5.91 Å². The molecule has 0 N–H and O–H groups in total. The monoisotopic (exact) mass is 437 g/mol. The van der Waals surface area contributed by atoms with Crippen molar-refractivity contribution in [3.63, 3.8) is 0 Å². The lowest BCUT2D eigenvalue weighted by Gasteiger charge is -2.26. The Morgan fingerprint density at radius 1 is 1.26 bits per heavy atom. The van der Waals surface area contributed by atoms with Gasteiger partial charge in [0.1, 0.15) is 5.01 Å². The quantitative estimate of drug-likeness (QED) is 0.592. The molecule has 4 rings (SSSR count). The molecule has 0 fully saturated rings. The van der Waals surface area contributed by atoms with E-state index in [-0.39, 0.29) is 11.8 Å². The molecule has 0 unspecified atom stereocenters. The van der Waals surface area contributed by atoms with Crippen LogP contribution in [0.3, 0.4) is 0 Å². The highest BCUT2D eigenvalue weighted by Crippen LogP contribution is 2.32. The van der Waals surface area contributed by atoms with Crippen molar-refractivity contribution in [2.24, 2.45) is 0 Å². The summed E-state index contributed by atoms with van der Waals surface area (Å²) in [6, 6.07) is 5.75. The van der Waals surface area contributed by atoms with Crippen molar-refractivity contribution in [3.8, 4) is 0 Å². The van der Waals surface area contributed by atoms with Crippen molar-refractivity contribution >= 4 is 38.9 Å². The van der Waals surface area contributed by atoms with E-state index in [2.05, 4.69) is 18.1 Å². The van der Waals surface area contributed by atoms with E-state index in [9.17, 15) is 9.59 Å². The molecule has 31 heavy (non-hydrogen) atoms. The third-order valence-electron chi connectivity index (χ3n) is 5.50. The summed E-state index contributed by atoms with van der Waals surface area (Å²) >= 11 is 1.60. The van der Waals surface area contributed by atoms with Crippen LogP contribution < -0.4 is 0 Å². The molecule has 2 amide bonds. The molecule has 0 aliphatic carbocycles. The molecule has 0 radical (unpaired) electrons. The van der Waals surface area contributed by atoms with Gasteiger partial charge < -0.3 is 9.80 Å². The fourth-order valence-corrected chi connectivity index (χ4v) is 4.88. The van der Waals surface area contributed by atoms with Crippen molar-refractivity contribution in [2.45, 2.75) is 32.7 Å². The number of aryl methyl sites for hydroxylation is 2. The summed E-state index contributed by atoms with van der Waals surface area (Å²) in [5.74, 6) is 0.132. The van der Waals surface area contributed by atoms with Crippen molar-refractivity contribution in [1.29, 1.82) is 0 Å². The fourth-order valence-electron chi connectivity index (χ4n) is 3.80. The second-order valence-corrected chi connectivity index (χ2v) is 8.94. The fraction of sp³-hybridized carbons (Fsp3) is 0.391. The first-order valence-corrected chi connectivity index (χ1v) is 11.4. The van der Waals surface area contributed by atoms with Crippen LogP contribution in [0, 0.1) is 0 Å². The zero-order chi connectivity index (χ0) is 22.0. The Kier molecular flexibility index (Phi) is 6.18. The normalized spacial score (nSPS) is 14.0. The van der Waals surface area contributed by atoms with Gasteiger partial charge >= 0.3 is 0 Å². The maximum atomic E-state index is 12.7. The highest BCUT2D eigenvalue weighted by Gasteiger charge is 2.22. The number of hydrogen-bond acceptors (Lipinski definition) is 5. The molecule has 3 heterocycles. The van der Waals surface area contributed by atoms with Crippen LogP contribution in [0.4, 0.5) is 0 Å². The van der Waals surface area contributed by atoms with Gasteiger partial charge in [0.25, 0.3) is 5.91 Å². The lowest BCUT2D eigenvalue weighted by Crippen LogP contribution is -2.35. The number of carbonyl (C=O) groups excluding carboxylic acids is 2. The number of thiazole rings is 1. The standard InChI is InChI=1S/C23H27N5O2S/c1-4-16-13-18(23(30)26(2)3)14-19-21(16)25-22(31-19)17-7-5-10-27(15-17)20(29)8-12-28-11-6-9-24-28/h6-7,9,11,13-14H,4-5,8,10,12,15H2,1-3H3. The van der Waals surface area contributed by atoms with E-state index in [1.165, 1.54) is 0 Å². The zero-order valence-electron chi connectivity index (χ0n) is 18.2. The topological polar surface area (TPSA) is 71.3 Å². The van der Waals surface area contributed by atoms with E-state index < -0.39 is 0 Å². The largest absolute Gasteiger partial charge is 0.345 e. The van der Waals surface area contributed by atoms with E-state index in [4.69, 9.17) is 4.98 Å². The highest BCUT2D eigenvalue weighted by atomic mass is 32.1. The predicted octanol–water partition coefficient (Wildman–Crippen LogP) is 3.46. The van der Waals surface area contributed by atoms with Crippen molar-refractivity contribution in [2.75, 3.05) is 27.2 Å². The lowest BCUT2D eigenvalue weighted by atomic mass is 10.1. The van der Waals surface area contributed by atoms with Gasteiger partial charge in [-0.1, -0.05) is 13.0 Å². The van der Waals surface area contributed by atoms with Gasteiger partial charge in [-0.2, -0.15) is 5.10 Å². The Morgan fingerprint density at radius 3 is 2.81 bits per heavy atom. The number of amides is 2. The molecule has 0 saturated carbocycles. The molecular weight excluding hydrogens is 410 g/mol. The molecule has 162 valence electrons. The first kappa shape index (κ1) is 21.2. The molecule has 0 bridgehead atoms. The maximum absolute atomic E-state index is 12.7. The van der Waals surface area contributed by atoms with Crippen LogP contribution in [-0.4, -0.2) is 63.6 Å². The van der Waals surface area contributed by atoms with Crippen LogP contribution in [0.1, 0.15) is 40.7 Å². The molecule has 7 nitrogen and oxygen atoms in total. The number of carbonyl (C=O) groups is 2. The number of rotatable bonds is 6. The Hall–Kier alpha value is -3.00. The predicted molar refractivity (Wildman–Crippen MR) is 123 cm³/mol. The van der Waals surface area contributed by atoms with Gasteiger partial charge in [0.15, 0.2) is 0 Å². The average molecular weight is 438 g/mol. The van der Waals surface area contributed by atoms with E-state index in [1.54, 1.807) is 41.2 Å². The third-order valence-corrected chi connectivity index (χ3v) is 6.58. The van der Waals surface area contributed by atoms with Gasteiger partial charge in [-0.05, 0) is 36.6 Å². The number of hydrogen-bond donors (Lipinski definition) is 0. The molecule has 1 aromatic carbocycles. The van der Waals surface area contributed by atoms with Crippen molar-refractivity contribution in [3.05, 3.63) is 52.8 Å². The lowest BCUT2D eigenvalue weighted by molar-refractivity contribution is -0.131. The number of fused-ring (bicyclic) bond motifs is 1. The maximum Gasteiger partial charge on any atom is 0.253 e. The molecule has 0 spiro atoms. The molecular formula is C23H27N5O2S. The van der Waals surface area contributed by atoms with E-state index >= 15 is 0 Å². The first-order chi connectivity index (χ1) is 15.0. The van der Waals surface area contributed by atoms with E-state index in [0.29, 0.717) is 25.1 Å². The molecule has 0 atom stereocenters. The summed E-state index contributed by atoms with van der Waals surface area (Å²) in [4.78, 5) is 33.6. The molecule has 1 aliphatic rings. The van der Waals surface area contributed by atoms with Gasteiger partial charge in [-0.15, -0.1) is 11.3 Å². The summed E-state index contributed by atoms with van der Waals surface area (Å²) in [6.07, 6.45) is 7.85. The molecule has 1 aliphatic heterocycles. The number of benzene rings is 1. The van der Waals surface area contributed by atoms with E-state index in [1.807, 2.05) is 29.3 Å². The summed E-state index contributed by atoms with van der Waals surface area (Å²) < 4.78 is 2.80. The minimum absolute atomic E-state index is 0.00242. The van der Waals surface area contributed by atoms with Crippen LogP contribution in [0.25, 0.3) is 15.8 Å². The minimum Gasteiger partial charge on any atom is -0.345 e. The second kappa shape index (κ2) is 9.01. The van der Waals surface area contributed by atoms with Crippen molar-refractivity contribution in [1.82, 2.24) is 24.6 Å². The Bertz CT molecular complexity index is 1130. The first-order valence-electron chi connectivity index (χ1n) is 10.6. The Labute approximate surface area is 186 Å². The molecule has 8 heteroatoms. The Morgan fingerprint density at radius 2 is 2.10 bits per heavy atom.